The van der Waals surface area contributed by atoms with Gasteiger partial charge >= 0.3 is 0 Å². The molecule has 1 aromatic heterocycles. The van der Waals surface area contributed by atoms with Gasteiger partial charge in [-0.25, -0.2) is 17.7 Å². The highest BCUT2D eigenvalue weighted by Crippen LogP contribution is 2.15. The first-order chi connectivity index (χ1) is 13.4. The maximum Gasteiger partial charge on any atom is 0.251 e. The van der Waals surface area contributed by atoms with E-state index in [4.69, 9.17) is 4.74 Å². The summed E-state index contributed by atoms with van der Waals surface area (Å²) in [7, 11) is -0.573. The van der Waals surface area contributed by atoms with E-state index in [0.717, 1.165) is 28.8 Å². The second kappa shape index (κ2) is 8.68. The predicted molar refractivity (Wildman–Crippen MR) is 106 cm³/mol. The quantitative estimate of drug-likeness (QED) is 0.775. The molecule has 28 heavy (non-hydrogen) atoms. The van der Waals surface area contributed by atoms with Gasteiger partial charge in [0.25, 0.3) is 5.91 Å². The van der Waals surface area contributed by atoms with Gasteiger partial charge in [0.15, 0.2) is 0 Å². The number of anilines is 1. The van der Waals surface area contributed by atoms with Gasteiger partial charge in [0, 0.05) is 45.5 Å². The second-order valence-electron chi connectivity index (χ2n) is 6.62. The molecular formula is C19H24N4O4S. The number of hydrogen-bond donors (Lipinski definition) is 1. The van der Waals surface area contributed by atoms with Crippen molar-refractivity contribution in [1.82, 2.24) is 14.6 Å². The summed E-state index contributed by atoms with van der Waals surface area (Å²) in [6.07, 6.45) is 1.75. The van der Waals surface area contributed by atoms with E-state index in [-0.39, 0.29) is 10.8 Å². The lowest BCUT2D eigenvalue weighted by Crippen LogP contribution is -2.36. The number of carbonyl (C=O) groups excluding carboxylic acids is 1. The molecule has 1 aliphatic heterocycles. The van der Waals surface area contributed by atoms with Crippen LogP contribution in [0.5, 0.6) is 0 Å². The molecule has 1 aromatic carbocycles. The van der Waals surface area contributed by atoms with Crippen LogP contribution < -0.4 is 10.2 Å². The first-order valence-corrected chi connectivity index (χ1v) is 10.4. The van der Waals surface area contributed by atoms with Gasteiger partial charge in [-0.2, -0.15) is 0 Å². The van der Waals surface area contributed by atoms with Crippen molar-refractivity contribution >= 4 is 21.7 Å². The van der Waals surface area contributed by atoms with Gasteiger partial charge in [-0.3, -0.25) is 4.79 Å². The Morgan fingerprint density at radius 2 is 1.82 bits per heavy atom. The summed E-state index contributed by atoms with van der Waals surface area (Å²) < 4.78 is 30.6. The van der Waals surface area contributed by atoms with Crippen molar-refractivity contribution in [2.45, 2.75) is 11.4 Å². The zero-order valence-corrected chi connectivity index (χ0v) is 16.8. The van der Waals surface area contributed by atoms with Crippen LogP contribution in [0.1, 0.15) is 15.9 Å². The number of rotatable bonds is 6. The molecule has 0 bridgehead atoms. The smallest absolute Gasteiger partial charge is 0.251 e. The van der Waals surface area contributed by atoms with E-state index in [2.05, 4.69) is 15.2 Å². The molecule has 1 saturated heterocycles. The summed E-state index contributed by atoms with van der Waals surface area (Å²) in [5, 5.41) is 2.82. The minimum Gasteiger partial charge on any atom is -0.378 e. The lowest BCUT2D eigenvalue weighted by atomic mass is 10.2. The third kappa shape index (κ3) is 4.67. The first kappa shape index (κ1) is 20.2. The Bertz CT molecular complexity index is 906. The molecule has 9 heteroatoms. The van der Waals surface area contributed by atoms with Gasteiger partial charge < -0.3 is 15.0 Å². The van der Waals surface area contributed by atoms with E-state index in [1.54, 1.807) is 6.20 Å². The Balaban J connectivity index is 1.58. The molecule has 0 unspecified atom stereocenters. The van der Waals surface area contributed by atoms with Gasteiger partial charge in [0.1, 0.15) is 5.82 Å². The maximum atomic E-state index is 12.3. The molecule has 0 spiro atoms. The molecule has 0 saturated carbocycles. The van der Waals surface area contributed by atoms with Crippen LogP contribution in [0.25, 0.3) is 0 Å². The fraction of sp³-hybridized carbons (Fsp3) is 0.368. The molecule has 0 atom stereocenters. The summed E-state index contributed by atoms with van der Waals surface area (Å²) in [6, 6.07) is 9.75. The molecule has 8 nitrogen and oxygen atoms in total. The lowest BCUT2D eigenvalue weighted by Gasteiger charge is -2.27. The third-order valence-corrected chi connectivity index (χ3v) is 6.32. The molecular weight excluding hydrogens is 380 g/mol. The molecule has 1 fully saturated rings. The highest BCUT2D eigenvalue weighted by atomic mass is 32.2. The average molecular weight is 404 g/mol. The van der Waals surface area contributed by atoms with Crippen LogP contribution in [0.4, 0.5) is 5.82 Å². The minimum absolute atomic E-state index is 0.150. The van der Waals surface area contributed by atoms with Crippen LogP contribution in [0, 0.1) is 0 Å². The maximum absolute atomic E-state index is 12.3. The van der Waals surface area contributed by atoms with Crippen LogP contribution in [0.2, 0.25) is 0 Å². The van der Waals surface area contributed by atoms with E-state index in [1.807, 2.05) is 12.1 Å². The van der Waals surface area contributed by atoms with E-state index in [0.29, 0.717) is 25.3 Å². The number of amides is 1. The summed E-state index contributed by atoms with van der Waals surface area (Å²) in [6.45, 7) is 3.39. The number of nitrogens with one attached hydrogen (secondary N) is 1. The fourth-order valence-corrected chi connectivity index (χ4v) is 3.68. The van der Waals surface area contributed by atoms with Gasteiger partial charge in [0.2, 0.25) is 10.0 Å². The second-order valence-corrected chi connectivity index (χ2v) is 8.77. The SMILES string of the molecule is CN(C)S(=O)(=O)c1ccc(C(=O)NCc2ccc(N3CCOCC3)nc2)cc1. The number of ether oxygens (including phenoxy) is 1. The van der Waals surface area contributed by atoms with Crippen LogP contribution in [0.3, 0.4) is 0 Å². The Morgan fingerprint density at radius 3 is 2.39 bits per heavy atom. The van der Waals surface area contributed by atoms with Crippen molar-refractivity contribution in [2.24, 2.45) is 0 Å². The standard InChI is InChI=1S/C19H24N4O4S/c1-22(2)28(25,26)17-6-4-16(5-7-17)19(24)21-14-15-3-8-18(20-13-15)23-9-11-27-12-10-23/h3-8,13H,9-12,14H2,1-2H3,(H,21,24). The Labute approximate surface area is 165 Å². The minimum atomic E-state index is -3.51. The van der Waals surface area contributed by atoms with E-state index >= 15 is 0 Å². The van der Waals surface area contributed by atoms with Gasteiger partial charge in [-0.1, -0.05) is 6.07 Å². The number of pyridine rings is 1. The number of benzene rings is 1. The number of hydrogen-bond acceptors (Lipinski definition) is 6. The van der Waals surface area contributed by atoms with Gasteiger partial charge in [-0.05, 0) is 35.9 Å². The molecule has 0 radical (unpaired) electrons. The lowest BCUT2D eigenvalue weighted by molar-refractivity contribution is 0.0950. The number of morpholine rings is 1. The molecule has 1 N–H and O–H groups in total. The monoisotopic (exact) mass is 404 g/mol. The average Bonchev–Trinajstić information content (AvgIpc) is 2.73. The van der Waals surface area contributed by atoms with E-state index in [1.165, 1.54) is 38.4 Å². The molecule has 1 amide bonds. The Kier molecular flexibility index (Phi) is 6.28. The third-order valence-electron chi connectivity index (χ3n) is 4.49. The van der Waals surface area contributed by atoms with Crippen LogP contribution in [0.15, 0.2) is 47.5 Å². The zero-order valence-electron chi connectivity index (χ0n) is 16.0. The molecule has 2 heterocycles. The van der Waals surface area contributed by atoms with Crippen LogP contribution in [-0.2, 0) is 21.3 Å². The zero-order chi connectivity index (χ0) is 20.1. The number of sulfonamides is 1. The summed E-state index contributed by atoms with van der Waals surface area (Å²) in [5.74, 6) is 0.627. The summed E-state index contributed by atoms with van der Waals surface area (Å²) in [4.78, 5) is 19.1. The molecule has 150 valence electrons. The number of nitrogens with zero attached hydrogens (tertiary/aromatic N) is 3. The van der Waals surface area contributed by atoms with Gasteiger partial charge in [-0.15, -0.1) is 0 Å². The van der Waals surface area contributed by atoms with E-state index in [9.17, 15) is 13.2 Å². The topological polar surface area (TPSA) is 91.8 Å². The molecule has 1 aliphatic rings. The highest BCUT2D eigenvalue weighted by molar-refractivity contribution is 7.89. The van der Waals surface area contributed by atoms with Crippen molar-refractivity contribution in [2.75, 3.05) is 45.3 Å². The number of carbonyl (C=O) groups is 1. The molecule has 2 aromatic rings. The van der Waals surface area contributed by atoms with Crippen LogP contribution >= 0.6 is 0 Å². The first-order valence-electron chi connectivity index (χ1n) is 8.96. The van der Waals surface area contributed by atoms with Crippen molar-refractivity contribution in [3.05, 3.63) is 53.7 Å². The largest absolute Gasteiger partial charge is 0.378 e. The van der Waals surface area contributed by atoms with Crippen molar-refractivity contribution < 1.29 is 17.9 Å². The fourth-order valence-electron chi connectivity index (χ4n) is 2.77. The van der Waals surface area contributed by atoms with Crippen LogP contribution in [-0.4, -0.2) is 64.0 Å². The van der Waals surface area contributed by atoms with E-state index < -0.39 is 10.0 Å². The number of aromatic nitrogens is 1. The Hall–Kier alpha value is -2.49. The summed E-state index contributed by atoms with van der Waals surface area (Å²) >= 11 is 0. The molecule has 3 rings (SSSR count). The Morgan fingerprint density at radius 1 is 1.14 bits per heavy atom. The van der Waals surface area contributed by atoms with Gasteiger partial charge in [0.05, 0.1) is 18.1 Å². The van der Waals surface area contributed by atoms with Crippen molar-refractivity contribution in [3.63, 3.8) is 0 Å². The van der Waals surface area contributed by atoms with Crippen molar-refractivity contribution in [1.29, 1.82) is 0 Å². The van der Waals surface area contributed by atoms with Crippen molar-refractivity contribution in [3.8, 4) is 0 Å². The summed E-state index contributed by atoms with van der Waals surface area (Å²) in [5.41, 5.74) is 1.28. The molecule has 0 aliphatic carbocycles. The normalized spacial score (nSPS) is 14.9. The highest BCUT2D eigenvalue weighted by Gasteiger charge is 2.17. The predicted octanol–water partition coefficient (Wildman–Crippen LogP) is 1.10.